The van der Waals surface area contributed by atoms with Crippen molar-refractivity contribution in [3.8, 4) is 0 Å². The first-order valence-corrected chi connectivity index (χ1v) is 6.71. The topological polar surface area (TPSA) is 46.1 Å². The molecule has 1 aromatic heterocycles. The standard InChI is InChI=1S/C13H11BrClN3O/c1-18(8-9-4-2-3-5-10(9)14)13(19)11-6-17-12(15)7-16-11/h2-7H,8H2,1H3. The highest BCUT2D eigenvalue weighted by molar-refractivity contribution is 9.10. The van der Waals surface area contributed by atoms with Crippen molar-refractivity contribution in [2.45, 2.75) is 6.54 Å². The van der Waals surface area contributed by atoms with Crippen molar-refractivity contribution < 1.29 is 4.79 Å². The highest BCUT2D eigenvalue weighted by Gasteiger charge is 2.14. The summed E-state index contributed by atoms with van der Waals surface area (Å²) in [6.07, 6.45) is 2.74. The average molecular weight is 341 g/mol. The molecule has 0 fully saturated rings. The molecule has 98 valence electrons. The first-order valence-electron chi connectivity index (χ1n) is 5.54. The fourth-order valence-corrected chi connectivity index (χ4v) is 2.08. The quantitative estimate of drug-likeness (QED) is 0.862. The lowest BCUT2D eigenvalue weighted by Crippen LogP contribution is -2.27. The van der Waals surface area contributed by atoms with Crippen LogP contribution in [0.1, 0.15) is 16.1 Å². The zero-order chi connectivity index (χ0) is 13.8. The predicted octanol–water partition coefficient (Wildman–Crippen LogP) is 3.16. The second-order valence-corrected chi connectivity index (χ2v) is 5.22. The molecule has 19 heavy (non-hydrogen) atoms. The molecule has 0 bridgehead atoms. The Labute approximate surface area is 124 Å². The monoisotopic (exact) mass is 339 g/mol. The molecule has 0 unspecified atom stereocenters. The molecule has 2 aromatic rings. The van der Waals surface area contributed by atoms with E-state index >= 15 is 0 Å². The summed E-state index contributed by atoms with van der Waals surface area (Å²) in [5.74, 6) is -0.195. The van der Waals surface area contributed by atoms with Crippen molar-refractivity contribution in [3.05, 3.63) is 57.5 Å². The molecular weight excluding hydrogens is 330 g/mol. The summed E-state index contributed by atoms with van der Waals surface area (Å²) in [5.41, 5.74) is 1.30. The Kier molecular flexibility index (Phi) is 4.50. The normalized spacial score (nSPS) is 10.3. The molecule has 0 aliphatic carbocycles. The van der Waals surface area contributed by atoms with Crippen molar-refractivity contribution in [2.24, 2.45) is 0 Å². The third kappa shape index (κ3) is 3.52. The van der Waals surface area contributed by atoms with Crippen LogP contribution in [0, 0.1) is 0 Å². The van der Waals surface area contributed by atoms with E-state index in [1.807, 2.05) is 24.3 Å². The number of nitrogens with zero attached hydrogens (tertiary/aromatic N) is 3. The largest absolute Gasteiger partial charge is 0.336 e. The molecule has 0 atom stereocenters. The van der Waals surface area contributed by atoms with Crippen LogP contribution in [0.5, 0.6) is 0 Å². The molecule has 1 heterocycles. The molecule has 0 radical (unpaired) electrons. The number of carbonyl (C=O) groups is 1. The van der Waals surface area contributed by atoms with E-state index < -0.39 is 0 Å². The summed E-state index contributed by atoms with van der Waals surface area (Å²) < 4.78 is 0.969. The van der Waals surface area contributed by atoms with Crippen molar-refractivity contribution in [2.75, 3.05) is 7.05 Å². The van der Waals surface area contributed by atoms with E-state index in [4.69, 9.17) is 11.6 Å². The SMILES string of the molecule is CN(Cc1ccccc1Br)C(=O)c1cnc(Cl)cn1. The van der Waals surface area contributed by atoms with E-state index in [0.29, 0.717) is 6.54 Å². The molecule has 0 saturated carbocycles. The van der Waals surface area contributed by atoms with E-state index in [2.05, 4.69) is 25.9 Å². The molecule has 0 N–H and O–H groups in total. The maximum atomic E-state index is 12.1. The Morgan fingerprint density at radius 2 is 2.05 bits per heavy atom. The van der Waals surface area contributed by atoms with Gasteiger partial charge >= 0.3 is 0 Å². The van der Waals surface area contributed by atoms with Gasteiger partial charge in [0.25, 0.3) is 5.91 Å². The van der Waals surface area contributed by atoms with Gasteiger partial charge in [-0.3, -0.25) is 4.79 Å². The van der Waals surface area contributed by atoms with E-state index in [9.17, 15) is 4.79 Å². The van der Waals surface area contributed by atoms with Crippen LogP contribution in [0.3, 0.4) is 0 Å². The van der Waals surface area contributed by atoms with Crippen molar-refractivity contribution in [3.63, 3.8) is 0 Å². The van der Waals surface area contributed by atoms with E-state index in [-0.39, 0.29) is 16.8 Å². The number of amides is 1. The van der Waals surface area contributed by atoms with Crippen LogP contribution in [0.4, 0.5) is 0 Å². The minimum absolute atomic E-state index is 0.195. The maximum Gasteiger partial charge on any atom is 0.274 e. The average Bonchev–Trinajstić information content (AvgIpc) is 2.41. The smallest absolute Gasteiger partial charge is 0.274 e. The lowest BCUT2D eigenvalue weighted by Gasteiger charge is -2.17. The first kappa shape index (κ1) is 14.0. The zero-order valence-corrected chi connectivity index (χ0v) is 12.5. The molecule has 1 amide bonds. The second kappa shape index (κ2) is 6.12. The summed E-state index contributed by atoms with van der Waals surface area (Å²) in [6, 6.07) is 7.76. The summed E-state index contributed by atoms with van der Waals surface area (Å²) in [6.45, 7) is 0.491. The maximum absolute atomic E-state index is 12.1. The third-order valence-electron chi connectivity index (χ3n) is 2.55. The molecule has 0 spiro atoms. The van der Waals surface area contributed by atoms with Gasteiger partial charge in [0, 0.05) is 18.1 Å². The van der Waals surface area contributed by atoms with Crippen LogP contribution < -0.4 is 0 Å². The number of rotatable bonds is 3. The fraction of sp³-hybridized carbons (Fsp3) is 0.154. The fourth-order valence-electron chi connectivity index (χ4n) is 1.57. The van der Waals surface area contributed by atoms with Crippen LogP contribution >= 0.6 is 27.5 Å². The Morgan fingerprint density at radius 3 is 2.68 bits per heavy atom. The van der Waals surface area contributed by atoms with Gasteiger partial charge in [-0.15, -0.1) is 0 Å². The highest BCUT2D eigenvalue weighted by atomic mass is 79.9. The second-order valence-electron chi connectivity index (χ2n) is 3.98. The Bertz CT molecular complexity index is 589. The lowest BCUT2D eigenvalue weighted by molar-refractivity contribution is 0.0778. The number of benzene rings is 1. The summed E-state index contributed by atoms with van der Waals surface area (Å²) in [5, 5.41) is 0.269. The van der Waals surface area contributed by atoms with Gasteiger partial charge in [0.15, 0.2) is 0 Å². The Balaban J connectivity index is 2.12. The van der Waals surface area contributed by atoms with Gasteiger partial charge in [0.05, 0.1) is 12.4 Å². The third-order valence-corrected chi connectivity index (χ3v) is 3.52. The van der Waals surface area contributed by atoms with Gasteiger partial charge in [-0.1, -0.05) is 45.7 Å². The van der Waals surface area contributed by atoms with Crippen LogP contribution in [0.15, 0.2) is 41.1 Å². The van der Waals surface area contributed by atoms with Crippen molar-refractivity contribution >= 4 is 33.4 Å². The minimum atomic E-state index is -0.195. The van der Waals surface area contributed by atoms with Crippen LogP contribution in [0.25, 0.3) is 0 Å². The Hall–Kier alpha value is -1.46. The van der Waals surface area contributed by atoms with E-state index in [0.717, 1.165) is 10.0 Å². The molecule has 0 saturated heterocycles. The summed E-state index contributed by atoms with van der Waals surface area (Å²) in [4.78, 5) is 21.5. The summed E-state index contributed by atoms with van der Waals surface area (Å²) in [7, 11) is 1.72. The lowest BCUT2D eigenvalue weighted by atomic mass is 10.2. The predicted molar refractivity (Wildman–Crippen MR) is 77.0 cm³/mol. The number of hydrogen-bond donors (Lipinski definition) is 0. The molecule has 1 aromatic carbocycles. The van der Waals surface area contributed by atoms with Gasteiger partial charge < -0.3 is 4.90 Å². The first-order chi connectivity index (χ1) is 9.08. The molecule has 0 aliphatic rings. The van der Waals surface area contributed by atoms with Gasteiger partial charge in [0.1, 0.15) is 10.8 Å². The van der Waals surface area contributed by atoms with E-state index in [1.54, 1.807) is 11.9 Å². The molecular formula is C13H11BrClN3O. The van der Waals surface area contributed by atoms with Gasteiger partial charge in [-0.05, 0) is 11.6 Å². The van der Waals surface area contributed by atoms with Gasteiger partial charge in [0.2, 0.25) is 0 Å². The van der Waals surface area contributed by atoms with Crippen LogP contribution in [-0.4, -0.2) is 27.8 Å². The van der Waals surface area contributed by atoms with Crippen LogP contribution in [0.2, 0.25) is 5.15 Å². The van der Waals surface area contributed by atoms with Crippen molar-refractivity contribution in [1.29, 1.82) is 0 Å². The molecule has 4 nitrogen and oxygen atoms in total. The summed E-state index contributed by atoms with van der Waals surface area (Å²) >= 11 is 9.10. The Morgan fingerprint density at radius 1 is 1.32 bits per heavy atom. The number of halogens is 2. The molecule has 6 heteroatoms. The molecule has 2 rings (SSSR count). The van der Waals surface area contributed by atoms with Gasteiger partial charge in [-0.25, -0.2) is 9.97 Å². The molecule has 0 aliphatic heterocycles. The minimum Gasteiger partial charge on any atom is -0.336 e. The zero-order valence-electron chi connectivity index (χ0n) is 10.2. The number of hydrogen-bond acceptors (Lipinski definition) is 3. The van der Waals surface area contributed by atoms with E-state index in [1.165, 1.54) is 12.4 Å². The number of aromatic nitrogens is 2. The number of carbonyl (C=O) groups excluding carboxylic acids is 1. The van der Waals surface area contributed by atoms with Crippen molar-refractivity contribution in [1.82, 2.24) is 14.9 Å². The van der Waals surface area contributed by atoms with Gasteiger partial charge in [-0.2, -0.15) is 0 Å². The van der Waals surface area contributed by atoms with Crippen LogP contribution in [-0.2, 0) is 6.54 Å². The highest BCUT2D eigenvalue weighted by Crippen LogP contribution is 2.18.